The topological polar surface area (TPSA) is 65.1 Å². The summed E-state index contributed by atoms with van der Waals surface area (Å²) in [6.45, 7) is 0.378. The number of alkyl halides is 1. The largest absolute Gasteiger partial charge is 0.308 e. The number of aryl methyl sites for hydroxylation is 1. The van der Waals surface area contributed by atoms with Gasteiger partial charge in [-0.2, -0.15) is 0 Å². The van der Waals surface area contributed by atoms with Crippen LogP contribution in [0.15, 0.2) is 21.5 Å². The van der Waals surface area contributed by atoms with Gasteiger partial charge in [0.25, 0.3) is 11.2 Å². The zero-order valence-corrected chi connectivity index (χ0v) is 9.99. The van der Waals surface area contributed by atoms with Crippen LogP contribution in [-0.4, -0.2) is 15.4 Å². The molecule has 0 bridgehead atoms. The molecule has 0 spiro atoms. The van der Waals surface area contributed by atoms with Crippen LogP contribution in [0.25, 0.3) is 0 Å². The smallest absolute Gasteiger partial charge is 0.286 e. The van der Waals surface area contributed by atoms with E-state index < -0.39 is 4.92 Å². The summed E-state index contributed by atoms with van der Waals surface area (Å²) < 4.78 is 1.47. The number of nitrogens with zero attached hydrogens (tertiary/aromatic N) is 2. The Morgan fingerprint density at radius 1 is 1.60 bits per heavy atom. The molecule has 1 rings (SSSR count). The van der Waals surface area contributed by atoms with Gasteiger partial charge in [0, 0.05) is 18.5 Å². The van der Waals surface area contributed by atoms with E-state index in [1.165, 1.54) is 16.8 Å². The Morgan fingerprint density at radius 2 is 2.27 bits per heavy atom. The van der Waals surface area contributed by atoms with Gasteiger partial charge in [-0.15, -0.1) is 11.6 Å². The van der Waals surface area contributed by atoms with Crippen molar-refractivity contribution in [3.05, 3.63) is 37.2 Å². The molecule has 0 radical (unpaired) electrons. The molecule has 82 valence electrons. The van der Waals surface area contributed by atoms with E-state index in [1.54, 1.807) is 0 Å². The molecule has 0 N–H and O–H groups in total. The second-order valence-corrected chi connectivity index (χ2v) is 4.08. The summed E-state index contributed by atoms with van der Waals surface area (Å²) in [6.07, 6.45) is 1.81. The fourth-order valence-corrected chi connectivity index (χ4v) is 1.66. The van der Waals surface area contributed by atoms with Gasteiger partial charge in [0.05, 0.1) is 15.6 Å². The highest BCUT2D eigenvalue weighted by Crippen LogP contribution is 2.14. The van der Waals surface area contributed by atoms with Gasteiger partial charge in [-0.05, 0) is 22.4 Å². The number of nitro groups is 1. The van der Waals surface area contributed by atoms with Crippen molar-refractivity contribution in [2.24, 2.45) is 0 Å². The van der Waals surface area contributed by atoms with Gasteiger partial charge in [0.1, 0.15) is 0 Å². The summed E-state index contributed by atoms with van der Waals surface area (Å²) in [5, 5.41) is 10.5. The molecule has 0 aliphatic heterocycles. The minimum absolute atomic E-state index is 0.115. The van der Waals surface area contributed by atoms with Gasteiger partial charge >= 0.3 is 0 Å². The Labute approximate surface area is 98.9 Å². The summed E-state index contributed by atoms with van der Waals surface area (Å²) in [5.74, 6) is 0.409. The minimum atomic E-state index is -0.540. The Kier molecular flexibility index (Phi) is 4.28. The van der Waals surface area contributed by atoms with Crippen LogP contribution in [0.5, 0.6) is 0 Å². The molecule has 1 aromatic heterocycles. The van der Waals surface area contributed by atoms with E-state index in [4.69, 9.17) is 11.6 Å². The summed E-state index contributed by atoms with van der Waals surface area (Å²) in [5.41, 5.74) is -0.401. The van der Waals surface area contributed by atoms with Crippen molar-refractivity contribution >= 4 is 33.2 Å². The maximum Gasteiger partial charge on any atom is 0.286 e. The number of pyridine rings is 1. The van der Waals surface area contributed by atoms with Crippen molar-refractivity contribution in [1.29, 1.82) is 0 Å². The van der Waals surface area contributed by atoms with E-state index in [0.29, 0.717) is 18.8 Å². The van der Waals surface area contributed by atoms with Crippen LogP contribution in [0.1, 0.15) is 6.42 Å². The van der Waals surface area contributed by atoms with Gasteiger partial charge in [-0.25, -0.2) is 0 Å². The SMILES string of the molecule is O=c1c(Br)cc([N+](=O)[O-])cn1CCCCl. The Hall–Kier alpha value is -0.880. The zero-order chi connectivity index (χ0) is 11.4. The molecule has 15 heavy (non-hydrogen) atoms. The van der Waals surface area contributed by atoms with Crippen LogP contribution < -0.4 is 5.56 Å². The fraction of sp³-hybridized carbons (Fsp3) is 0.375. The van der Waals surface area contributed by atoms with Gasteiger partial charge in [-0.3, -0.25) is 14.9 Å². The lowest BCUT2D eigenvalue weighted by Crippen LogP contribution is -2.20. The lowest BCUT2D eigenvalue weighted by Gasteiger charge is -2.04. The van der Waals surface area contributed by atoms with Crippen LogP contribution in [0.4, 0.5) is 5.69 Å². The van der Waals surface area contributed by atoms with E-state index in [2.05, 4.69) is 15.9 Å². The first-order valence-corrected chi connectivity index (χ1v) is 5.49. The molecule has 0 saturated heterocycles. The van der Waals surface area contributed by atoms with E-state index in [1.807, 2.05) is 0 Å². The molecule has 0 saturated carbocycles. The van der Waals surface area contributed by atoms with Crippen molar-refractivity contribution in [2.45, 2.75) is 13.0 Å². The molecule has 0 aromatic carbocycles. The maximum atomic E-state index is 11.5. The van der Waals surface area contributed by atoms with E-state index >= 15 is 0 Å². The standard InChI is InChI=1S/C8H8BrClN2O3/c9-7-4-6(12(14)15)5-11(8(7)13)3-1-2-10/h4-5H,1-3H2. The molecule has 1 aromatic rings. The molecule has 1 heterocycles. The van der Waals surface area contributed by atoms with Crippen molar-refractivity contribution in [2.75, 3.05) is 5.88 Å². The fourth-order valence-electron chi connectivity index (χ4n) is 1.08. The number of hydrogen-bond acceptors (Lipinski definition) is 3. The first kappa shape index (κ1) is 12.2. The lowest BCUT2D eigenvalue weighted by atomic mass is 10.4. The molecule has 0 amide bonds. The van der Waals surface area contributed by atoms with Crippen LogP contribution in [0, 0.1) is 10.1 Å². The maximum absolute atomic E-state index is 11.5. The minimum Gasteiger partial charge on any atom is -0.308 e. The zero-order valence-electron chi connectivity index (χ0n) is 7.65. The van der Waals surface area contributed by atoms with Crippen molar-refractivity contribution in [1.82, 2.24) is 4.57 Å². The predicted molar refractivity (Wildman–Crippen MR) is 60.4 cm³/mol. The Morgan fingerprint density at radius 3 is 2.80 bits per heavy atom. The van der Waals surface area contributed by atoms with E-state index in [-0.39, 0.29) is 15.7 Å². The molecule has 7 heteroatoms. The molecule has 0 fully saturated rings. The quantitative estimate of drug-likeness (QED) is 0.485. The normalized spacial score (nSPS) is 10.3. The molecular formula is C8H8BrClN2O3. The highest BCUT2D eigenvalue weighted by atomic mass is 79.9. The third-order valence-electron chi connectivity index (χ3n) is 1.77. The highest BCUT2D eigenvalue weighted by molar-refractivity contribution is 9.10. The molecule has 0 unspecified atom stereocenters. The van der Waals surface area contributed by atoms with Crippen molar-refractivity contribution in [3.8, 4) is 0 Å². The average Bonchev–Trinajstić information content (AvgIpc) is 2.19. The van der Waals surface area contributed by atoms with E-state index in [9.17, 15) is 14.9 Å². The molecule has 0 atom stereocenters. The van der Waals surface area contributed by atoms with Gasteiger partial charge in [0.2, 0.25) is 0 Å². The van der Waals surface area contributed by atoms with Gasteiger partial charge < -0.3 is 4.57 Å². The van der Waals surface area contributed by atoms with Gasteiger partial charge in [0.15, 0.2) is 0 Å². The number of aromatic nitrogens is 1. The number of hydrogen-bond donors (Lipinski definition) is 0. The molecule has 0 aliphatic rings. The van der Waals surface area contributed by atoms with E-state index in [0.717, 1.165) is 0 Å². The number of halogens is 2. The molecule has 5 nitrogen and oxygen atoms in total. The molecule has 0 aliphatic carbocycles. The monoisotopic (exact) mass is 294 g/mol. The highest BCUT2D eigenvalue weighted by Gasteiger charge is 2.11. The second-order valence-electron chi connectivity index (χ2n) is 2.84. The summed E-state index contributed by atoms with van der Waals surface area (Å²) >= 11 is 8.47. The van der Waals surface area contributed by atoms with Crippen LogP contribution in [0.2, 0.25) is 0 Å². The lowest BCUT2D eigenvalue weighted by molar-refractivity contribution is -0.385. The van der Waals surface area contributed by atoms with Crippen LogP contribution in [-0.2, 0) is 6.54 Å². The first-order chi connectivity index (χ1) is 7.06. The Bertz CT molecular complexity index is 432. The van der Waals surface area contributed by atoms with Gasteiger partial charge in [-0.1, -0.05) is 0 Å². The summed E-state index contributed by atoms with van der Waals surface area (Å²) in [4.78, 5) is 21.5. The van der Waals surface area contributed by atoms with Crippen LogP contribution >= 0.6 is 27.5 Å². The second kappa shape index (κ2) is 5.27. The predicted octanol–water partition coefficient (Wildman–Crippen LogP) is 2.15. The van der Waals surface area contributed by atoms with Crippen molar-refractivity contribution < 1.29 is 4.92 Å². The average molecular weight is 296 g/mol. The third kappa shape index (κ3) is 3.04. The summed E-state index contributed by atoms with van der Waals surface area (Å²) in [6, 6.07) is 1.19. The number of rotatable bonds is 4. The first-order valence-electron chi connectivity index (χ1n) is 4.16. The summed E-state index contributed by atoms with van der Waals surface area (Å²) in [7, 11) is 0. The van der Waals surface area contributed by atoms with Crippen LogP contribution in [0.3, 0.4) is 0 Å². The van der Waals surface area contributed by atoms with Crippen molar-refractivity contribution in [3.63, 3.8) is 0 Å². The Balaban J connectivity index is 3.13. The third-order valence-corrected chi connectivity index (χ3v) is 2.61. The molecular weight excluding hydrogens is 287 g/mol.